The first-order chi connectivity index (χ1) is 13.6. The molecule has 0 radical (unpaired) electrons. The molecule has 6 heteroatoms. The number of anilines is 1. The van der Waals surface area contributed by atoms with Crippen LogP contribution in [-0.4, -0.2) is 16.1 Å². The number of amides is 1. The molecule has 3 aromatic rings. The van der Waals surface area contributed by atoms with Crippen molar-refractivity contribution in [1.82, 2.24) is 4.98 Å². The number of halogens is 1. The Morgan fingerprint density at radius 1 is 1.00 bits per heavy atom. The predicted octanol–water partition coefficient (Wildman–Crippen LogP) is 5.85. The molecule has 2 heterocycles. The fourth-order valence-electron chi connectivity index (χ4n) is 2.78. The van der Waals surface area contributed by atoms with E-state index in [4.69, 9.17) is 11.6 Å². The summed E-state index contributed by atoms with van der Waals surface area (Å²) in [5.74, 6) is 0.428. The van der Waals surface area contributed by atoms with E-state index in [1.165, 1.54) is 11.8 Å². The topological polar surface area (TPSA) is 45.6 Å². The highest BCUT2D eigenvalue weighted by molar-refractivity contribution is 8.19. The zero-order valence-corrected chi connectivity index (χ0v) is 16.6. The molecule has 0 atom stereocenters. The fourth-order valence-corrected chi connectivity index (χ4v) is 3.95. The van der Waals surface area contributed by atoms with Crippen LogP contribution in [0.3, 0.4) is 0 Å². The minimum Gasteiger partial charge on any atom is -0.268 e. The maximum atomic E-state index is 13.2. The van der Waals surface area contributed by atoms with Crippen molar-refractivity contribution in [3.63, 3.8) is 0 Å². The number of rotatable bonds is 3. The minimum absolute atomic E-state index is 0.137. The van der Waals surface area contributed by atoms with Crippen LogP contribution in [0.2, 0.25) is 5.02 Å². The normalized spacial score (nSPS) is 16.9. The number of amidine groups is 1. The lowest BCUT2D eigenvalue weighted by molar-refractivity contribution is -0.113. The fraction of sp³-hybridized carbons (Fsp3) is 0.0455. The van der Waals surface area contributed by atoms with E-state index >= 15 is 0 Å². The Labute approximate surface area is 172 Å². The first-order valence-corrected chi connectivity index (χ1v) is 9.87. The van der Waals surface area contributed by atoms with Crippen LogP contribution in [0.5, 0.6) is 0 Å². The summed E-state index contributed by atoms with van der Waals surface area (Å²) in [6.07, 6.45) is 1.80. The van der Waals surface area contributed by atoms with Crippen LogP contribution in [0.1, 0.15) is 11.3 Å². The van der Waals surface area contributed by atoms with Crippen molar-refractivity contribution in [2.24, 2.45) is 4.99 Å². The van der Waals surface area contributed by atoms with E-state index < -0.39 is 0 Å². The maximum absolute atomic E-state index is 13.2. The van der Waals surface area contributed by atoms with E-state index in [-0.39, 0.29) is 5.91 Å². The standard InChI is InChI=1S/C22H16ClN3OS/c1-15-8-7-13-20(24-15)25-22-26(17-10-3-2-4-11-17)21(27)19(28-22)14-16-9-5-6-12-18(16)23/h2-14H,1H3/b19-14-,25-22+. The summed E-state index contributed by atoms with van der Waals surface area (Å²) in [7, 11) is 0. The van der Waals surface area contributed by atoms with Crippen LogP contribution in [0, 0.1) is 6.92 Å². The highest BCUT2D eigenvalue weighted by Crippen LogP contribution is 2.37. The average Bonchev–Trinajstić information content (AvgIpc) is 2.99. The molecule has 138 valence electrons. The number of benzene rings is 2. The molecule has 0 saturated carbocycles. The predicted molar refractivity (Wildman–Crippen MR) is 117 cm³/mol. The van der Waals surface area contributed by atoms with Gasteiger partial charge >= 0.3 is 0 Å². The van der Waals surface area contributed by atoms with Crippen LogP contribution >= 0.6 is 23.4 Å². The Morgan fingerprint density at radius 2 is 1.75 bits per heavy atom. The maximum Gasteiger partial charge on any atom is 0.271 e. The number of aliphatic imine (C=N–C) groups is 1. The molecule has 1 fully saturated rings. The van der Waals surface area contributed by atoms with Gasteiger partial charge in [-0.3, -0.25) is 9.69 Å². The highest BCUT2D eigenvalue weighted by Gasteiger charge is 2.34. The van der Waals surface area contributed by atoms with Gasteiger partial charge in [-0.2, -0.15) is 0 Å². The SMILES string of the molecule is Cc1cccc(/N=C2/S/C(=C\c3ccccc3Cl)C(=O)N2c2ccccc2)n1. The number of aromatic nitrogens is 1. The van der Waals surface area contributed by atoms with Crippen LogP contribution in [0.15, 0.2) is 82.7 Å². The van der Waals surface area contributed by atoms with Gasteiger partial charge in [-0.1, -0.05) is 54.1 Å². The monoisotopic (exact) mass is 405 g/mol. The number of nitrogens with zero attached hydrogens (tertiary/aromatic N) is 3. The van der Waals surface area contributed by atoms with Gasteiger partial charge in [0, 0.05) is 10.7 Å². The molecule has 1 saturated heterocycles. The molecule has 0 bridgehead atoms. The van der Waals surface area contributed by atoms with Crippen molar-refractivity contribution < 1.29 is 4.79 Å². The third-order valence-electron chi connectivity index (χ3n) is 4.10. The first kappa shape index (κ1) is 18.5. The molecule has 0 unspecified atom stereocenters. The third kappa shape index (κ3) is 3.86. The highest BCUT2D eigenvalue weighted by atomic mass is 35.5. The van der Waals surface area contributed by atoms with Crippen LogP contribution in [0.4, 0.5) is 11.5 Å². The molecule has 2 aromatic carbocycles. The van der Waals surface area contributed by atoms with E-state index in [0.717, 1.165) is 16.9 Å². The van der Waals surface area contributed by atoms with Gasteiger partial charge in [0.2, 0.25) is 0 Å². The molecule has 0 aliphatic carbocycles. The number of carbonyl (C=O) groups is 1. The van der Waals surface area contributed by atoms with Crippen molar-refractivity contribution in [2.75, 3.05) is 4.90 Å². The smallest absolute Gasteiger partial charge is 0.268 e. The van der Waals surface area contributed by atoms with E-state index in [1.54, 1.807) is 17.0 Å². The number of hydrogen-bond donors (Lipinski definition) is 0. The van der Waals surface area contributed by atoms with E-state index in [2.05, 4.69) is 9.98 Å². The second-order valence-corrected chi connectivity index (χ2v) is 7.56. The van der Waals surface area contributed by atoms with E-state index in [1.807, 2.05) is 73.7 Å². The summed E-state index contributed by atoms with van der Waals surface area (Å²) >= 11 is 7.58. The van der Waals surface area contributed by atoms with Crippen molar-refractivity contribution in [1.29, 1.82) is 0 Å². The number of thioether (sulfide) groups is 1. The van der Waals surface area contributed by atoms with Gasteiger partial charge < -0.3 is 0 Å². The Hall–Kier alpha value is -2.89. The van der Waals surface area contributed by atoms with Gasteiger partial charge in [0.05, 0.1) is 10.6 Å². The Morgan fingerprint density at radius 3 is 2.50 bits per heavy atom. The van der Waals surface area contributed by atoms with E-state index in [9.17, 15) is 4.79 Å². The number of pyridine rings is 1. The molecule has 0 spiro atoms. The molecule has 4 nitrogen and oxygen atoms in total. The summed E-state index contributed by atoms with van der Waals surface area (Å²) in [5.41, 5.74) is 2.42. The van der Waals surface area contributed by atoms with Crippen molar-refractivity contribution in [2.45, 2.75) is 6.92 Å². The minimum atomic E-state index is -0.137. The average molecular weight is 406 g/mol. The van der Waals surface area contributed by atoms with Gasteiger partial charge in [-0.15, -0.1) is 0 Å². The molecule has 1 aromatic heterocycles. The molecule has 1 amide bonds. The zero-order valence-electron chi connectivity index (χ0n) is 15.0. The van der Waals surface area contributed by atoms with Gasteiger partial charge in [0.15, 0.2) is 11.0 Å². The second kappa shape index (κ2) is 8.00. The molecule has 4 rings (SSSR count). The lowest BCUT2D eigenvalue weighted by Crippen LogP contribution is -2.28. The van der Waals surface area contributed by atoms with Crippen LogP contribution in [0.25, 0.3) is 6.08 Å². The molecular formula is C22H16ClN3OS. The number of hydrogen-bond acceptors (Lipinski definition) is 4. The molecular weight excluding hydrogens is 390 g/mol. The largest absolute Gasteiger partial charge is 0.271 e. The third-order valence-corrected chi connectivity index (χ3v) is 5.41. The van der Waals surface area contributed by atoms with Gasteiger partial charge in [0.25, 0.3) is 5.91 Å². The van der Waals surface area contributed by atoms with Crippen molar-refractivity contribution >= 4 is 52.0 Å². The summed E-state index contributed by atoms with van der Waals surface area (Å²) in [4.78, 5) is 24.4. The summed E-state index contributed by atoms with van der Waals surface area (Å²) in [6.45, 7) is 1.91. The van der Waals surface area contributed by atoms with E-state index in [0.29, 0.717) is 20.9 Å². The zero-order chi connectivity index (χ0) is 19.5. The molecule has 28 heavy (non-hydrogen) atoms. The van der Waals surface area contributed by atoms with Crippen molar-refractivity contribution in [3.8, 4) is 0 Å². The first-order valence-electron chi connectivity index (χ1n) is 8.68. The van der Waals surface area contributed by atoms with Gasteiger partial charge in [0.1, 0.15) is 0 Å². The van der Waals surface area contributed by atoms with Crippen LogP contribution < -0.4 is 4.90 Å². The second-order valence-electron chi connectivity index (χ2n) is 6.14. The molecule has 0 N–H and O–H groups in total. The number of carbonyl (C=O) groups excluding carboxylic acids is 1. The Balaban J connectivity index is 1.79. The summed E-state index contributed by atoms with van der Waals surface area (Å²) < 4.78 is 0. The quantitative estimate of drug-likeness (QED) is 0.513. The lowest BCUT2D eigenvalue weighted by Gasteiger charge is -2.15. The van der Waals surface area contributed by atoms with Gasteiger partial charge in [-0.05, 0) is 60.7 Å². The molecule has 1 aliphatic heterocycles. The summed E-state index contributed by atoms with van der Waals surface area (Å²) in [5, 5.41) is 1.16. The Kier molecular flexibility index (Phi) is 5.28. The summed E-state index contributed by atoms with van der Waals surface area (Å²) in [6, 6.07) is 22.5. The Bertz CT molecular complexity index is 1100. The number of aryl methyl sites for hydroxylation is 1. The lowest BCUT2D eigenvalue weighted by atomic mass is 10.2. The number of para-hydroxylation sites is 1. The van der Waals surface area contributed by atoms with Crippen molar-refractivity contribution in [3.05, 3.63) is 94.0 Å². The van der Waals surface area contributed by atoms with Crippen LogP contribution in [-0.2, 0) is 4.79 Å². The van der Waals surface area contributed by atoms with Gasteiger partial charge in [-0.25, -0.2) is 9.98 Å². The molecule has 1 aliphatic rings.